The molecule has 1 N–H and O–H groups in total. The quantitative estimate of drug-likeness (QED) is 0.189. The Hall–Kier alpha value is -4.27. The number of nitrogens with zero attached hydrogens (tertiary/aromatic N) is 1. The number of carbonyl (C=O) groups excluding carboxylic acids is 2. The van der Waals surface area contributed by atoms with Gasteiger partial charge in [-0.25, -0.2) is 9.78 Å². The molecular formula is C36H36Cl2N2O6. The Balaban J connectivity index is 1.58. The van der Waals surface area contributed by atoms with Crippen LogP contribution in [-0.2, 0) is 16.0 Å². The van der Waals surface area contributed by atoms with Crippen molar-refractivity contribution in [1.29, 1.82) is 0 Å². The molecule has 1 aliphatic rings. The van der Waals surface area contributed by atoms with Crippen LogP contribution in [0.3, 0.4) is 0 Å². The lowest BCUT2D eigenvalue weighted by atomic mass is 9.69. The maximum absolute atomic E-state index is 13.9. The Bertz CT molecular complexity index is 1800. The number of carbonyl (C=O) groups is 2. The van der Waals surface area contributed by atoms with Gasteiger partial charge >= 0.3 is 5.97 Å². The molecule has 0 spiro atoms. The SMILES string of the molecule is COc1cc(/C=C2\CC(C(C)(C)C)Cc3c2nc2ccccc2c3C(=O)OCC(=O)Nc2cc(Cl)cc(Cl)c2)cc(OC)c1OC. The summed E-state index contributed by atoms with van der Waals surface area (Å²) in [5.74, 6) is 0.627. The number of pyridine rings is 1. The van der Waals surface area contributed by atoms with Gasteiger partial charge in [-0.1, -0.05) is 62.2 Å². The smallest absolute Gasteiger partial charge is 0.339 e. The lowest BCUT2D eigenvalue weighted by molar-refractivity contribution is -0.119. The number of benzene rings is 3. The molecule has 240 valence electrons. The second-order valence-electron chi connectivity index (χ2n) is 12.2. The van der Waals surface area contributed by atoms with Crippen LogP contribution in [0.25, 0.3) is 22.6 Å². The summed E-state index contributed by atoms with van der Waals surface area (Å²) < 4.78 is 22.4. The second-order valence-corrected chi connectivity index (χ2v) is 13.1. The predicted octanol–water partition coefficient (Wildman–Crippen LogP) is 8.51. The number of hydrogen-bond acceptors (Lipinski definition) is 7. The Morgan fingerprint density at radius 2 is 1.59 bits per heavy atom. The van der Waals surface area contributed by atoms with Gasteiger partial charge in [-0.15, -0.1) is 0 Å². The minimum absolute atomic E-state index is 0.0863. The fourth-order valence-electron chi connectivity index (χ4n) is 5.78. The van der Waals surface area contributed by atoms with Gasteiger partial charge in [0.2, 0.25) is 5.75 Å². The topological polar surface area (TPSA) is 96.0 Å². The largest absolute Gasteiger partial charge is 0.493 e. The molecule has 3 aromatic carbocycles. The number of aromatic nitrogens is 1. The average Bonchev–Trinajstić information content (AvgIpc) is 3.01. The minimum atomic E-state index is -0.601. The maximum atomic E-state index is 13.9. The predicted molar refractivity (Wildman–Crippen MR) is 182 cm³/mol. The summed E-state index contributed by atoms with van der Waals surface area (Å²) in [7, 11) is 4.72. The maximum Gasteiger partial charge on any atom is 0.339 e. The van der Waals surface area contributed by atoms with Gasteiger partial charge in [0, 0.05) is 21.1 Å². The Kier molecular flexibility index (Phi) is 9.79. The van der Waals surface area contributed by atoms with E-state index in [-0.39, 0.29) is 11.3 Å². The highest BCUT2D eigenvalue weighted by Crippen LogP contribution is 2.46. The van der Waals surface area contributed by atoms with Gasteiger partial charge in [-0.3, -0.25) is 4.79 Å². The Morgan fingerprint density at radius 1 is 0.935 bits per heavy atom. The zero-order valence-corrected chi connectivity index (χ0v) is 28.1. The monoisotopic (exact) mass is 662 g/mol. The van der Waals surface area contributed by atoms with Crippen molar-refractivity contribution < 1.29 is 28.5 Å². The zero-order chi connectivity index (χ0) is 33.2. The molecule has 1 amide bonds. The summed E-state index contributed by atoms with van der Waals surface area (Å²) in [4.78, 5) is 31.8. The van der Waals surface area contributed by atoms with Crippen LogP contribution in [0.2, 0.25) is 10.0 Å². The molecule has 46 heavy (non-hydrogen) atoms. The number of nitrogens with one attached hydrogen (secondary N) is 1. The van der Waals surface area contributed by atoms with Gasteiger partial charge in [-0.05, 0) is 83.3 Å². The van der Waals surface area contributed by atoms with E-state index >= 15 is 0 Å². The number of allylic oxidation sites excluding steroid dienone is 1. The highest BCUT2D eigenvalue weighted by Gasteiger charge is 2.35. The Morgan fingerprint density at radius 3 is 2.20 bits per heavy atom. The van der Waals surface area contributed by atoms with Gasteiger partial charge < -0.3 is 24.3 Å². The van der Waals surface area contributed by atoms with E-state index in [0.717, 1.165) is 28.8 Å². The summed E-state index contributed by atoms with van der Waals surface area (Å²) in [6.07, 6.45) is 3.40. The molecule has 10 heteroatoms. The van der Waals surface area contributed by atoms with Crippen LogP contribution in [0, 0.1) is 11.3 Å². The second kappa shape index (κ2) is 13.6. The molecule has 8 nitrogen and oxygen atoms in total. The lowest BCUT2D eigenvalue weighted by Crippen LogP contribution is -2.29. The molecule has 0 saturated carbocycles. The normalized spacial score (nSPS) is 15.3. The van der Waals surface area contributed by atoms with E-state index in [2.05, 4.69) is 32.2 Å². The first-order valence-corrected chi connectivity index (χ1v) is 15.5. The molecule has 5 rings (SSSR count). The van der Waals surface area contributed by atoms with Gasteiger partial charge in [0.05, 0.1) is 38.1 Å². The van der Waals surface area contributed by atoms with E-state index in [4.69, 9.17) is 47.1 Å². The van der Waals surface area contributed by atoms with Crippen LogP contribution < -0.4 is 19.5 Å². The molecule has 1 atom stereocenters. The van der Waals surface area contributed by atoms with Crippen LogP contribution in [0.15, 0.2) is 54.6 Å². The first-order valence-electron chi connectivity index (χ1n) is 14.8. The first-order chi connectivity index (χ1) is 21.9. The highest BCUT2D eigenvalue weighted by molar-refractivity contribution is 6.35. The fraction of sp³-hybridized carbons (Fsp3) is 0.306. The number of rotatable bonds is 8. The standard InChI is InChI=1S/C36H36Cl2N2O6/c1-36(2,3)22-14-21(11-20-12-29(43-4)34(45-6)30(13-20)44-5)33-27(15-22)32(26-9-7-8-10-28(26)40-33)35(42)46-19-31(41)39-25-17-23(37)16-24(38)18-25/h7-13,16-18,22H,14-15,19H2,1-6H3,(H,39,41)/b21-11+. The van der Waals surface area contributed by atoms with E-state index in [1.165, 1.54) is 0 Å². The van der Waals surface area contributed by atoms with E-state index in [0.29, 0.717) is 55.9 Å². The number of anilines is 1. The summed E-state index contributed by atoms with van der Waals surface area (Å²) in [5, 5.41) is 4.09. The summed E-state index contributed by atoms with van der Waals surface area (Å²) >= 11 is 12.1. The molecule has 0 saturated heterocycles. The van der Waals surface area contributed by atoms with E-state index in [1.807, 2.05) is 36.4 Å². The molecule has 1 aromatic heterocycles. The van der Waals surface area contributed by atoms with Gasteiger partial charge in [0.25, 0.3) is 5.91 Å². The van der Waals surface area contributed by atoms with Crippen molar-refractivity contribution in [3.63, 3.8) is 0 Å². The number of fused-ring (bicyclic) bond motifs is 2. The van der Waals surface area contributed by atoms with Crippen LogP contribution >= 0.6 is 23.2 Å². The number of esters is 1. The van der Waals surface area contributed by atoms with Crippen molar-refractivity contribution in [2.45, 2.75) is 33.6 Å². The third kappa shape index (κ3) is 7.08. The number of para-hydroxylation sites is 1. The highest BCUT2D eigenvalue weighted by atomic mass is 35.5. The fourth-order valence-corrected chi connectivity index (χ4v) is 6.31. The molecule has 0 fully saturated rings. The third-order valence-corrected chi connectivity index (χ3v) is 8.59. The van der Waals surface area contributed by atoms with Crippen LogP contribution in [0.5, 0.6) is 17.2 Å². The van der Waals surface area contributed by atoms with Crippen molar-refractivity contribution >= 4 is 63.3 Å². The number of methoxy groups -OCH3 is 3. The molecule has 1 heterocycles. The van der Waals surface area contributed by atoms with Gasteiger partial charge in [0.1, 0.15) is 0 Å². The first kappa shape index (κ1) is 33.1. The number of amides is 1. The minimum Gasteiger partial charge on any atom is -0.493 e. The van der Waals surface area contributed by atoms with Crippen molar-refractivity contribution in [3.05, 3.63) is 87.0 Å². The zero-order valence-electron chi connectivity index (χ0n) is 26.6. The molecule has 0 bridgehead atoms. The number of halogens is 2. The van der Waals surface area contributed by atoms with Gasteiger partial charge in [0.15, 0.2) is 18.1 Å². The molecular weight excluding hydrogens is 627 g/mol. The lowest BCUT2D eigenvalue weighted by Gasteiger charge is -2.36. The van der Waals surface area contributed by atoms with Crippen molar-refractivity contribution in [2.24, 2.45) is 11.3 Å². The third-order valence-electron chi connectivity index (χ3n) is 8.15. The summed E-state index contributed by atoms with van der Waals surface area (Å²) in [5.41, 5.74) is 4.68. The van der Waals surface area contributed by atoms with Crippen molar-refractivity contribution in [1.82, 2.24) is 4.98 Å². The molecule has 4 aromatic rings. The molecule has 1 unspecified atom stereocenters. The van der Waals surface area contributed by atoms with Gasteiger partial charge in [-0.2, -0.15) is 0 Å². The van der Waals surface area contributed by atoms with Crippen LogP contribution in [-0.4, -0.2) is 44.8 Å². The van der Waals surface area contributed by atoms with Crippen molar-refractivity contribution in [3.8, 4) is 17.2 Å². The Labute approximate surface area is 278 Å². The van der Waals surface area contributed by atoms with E-state index in [1.54, 1.807) is 39.5 Å². The number of hydrogen-bond donors (Lipinski definition) is 1. The van der Waals surface area contributed by atoms with Crippen molar-refractivity contribution in [2.75, 3.05) is 33.3 Å². The number of ether oxygens (including phenoxy) is 4. The van der Waals surface area contributed by atoms with Crippen LogP contribution in [0.1, 0.15) is 54.4 Å². The molecule has 0 aliphatic heterocycles. The molecule has 1 aliphatic carbocycles. The van der Waals surface area contributed by atoms with Crippen LogP contribution in [0.4, 0.5) is 5.69 Å². The molecule has 0 radical (unpaired) electrons. The van der Waals surface area contributed by atoms with E-state index in [9.17, 15) is 9.59 Å². The van der Waals surface area contributed by atoms with E-state index < -0.39 is 18.5 Å². The summed E-state index contributed by atoms with van der Waals surface area (Å²) in [6, 6.07) is 15.9. The summed E-state index contributed by atoms with van der Waals surface area (Å²) in [6.45, 7) is 6.08. The average molecular weight is 664 g/mol.